The van der Waals surface area contributed by atoms with Crippen LogP contribution in [0.5, 0.6) is 0 Å². The Morgan fingerprint density at radius 2 is 1.42 bits per heavy atom. The SMILES string of the molecule is CCCCCCC(P)CCCC. The average molecular weight is 188 g/mol. The fraction of sp³-hybridized carbons (Fsp3) is 1.00. The van der Waals surface area contributed by atoms with Gasteiger partial charge in [-0.05, 0) is 18.5 Å². The largest absolute Gasteiger partial charge is 0.134 e. The van der Waals surface area contributed by atoms with Crippen molar-refractivity contribution in [2.75, 3.05) is 0 Å². The first-order valence-electron chi connectivity index (χ1n) is 5.56. The number of hydrogen-bond acceptors (Lipinski definition) is 0. The molecule has 0 bridgehead atoms. The number of rotatable bonds is 8. The maximum absolute atomic E-state index is 2.99. The normalized spacial score (nSPS) is 13.2. The van der Waals surface area contributed by atoms with Gasteiger partial charge in [0.1, 0.15) is 0 Å². The lowest BCUT2D eigenvalue weighted by Gasteiger charge is -2.09. The Labute approximate surface area is 80.7 Å². The van der Waals surface area contributed by atoms with Gasteiger partial charge in [-0.15, -0.1) is 9.24 Å². The maximum atomic E-state index is 2.99. The van der Waals surface area contributed by atoms with Crippen LogP contribution in [0.15, 0.2) is 0 Å². The molecule has 74 valence electrons. The van der Waals surface area contributed by atoms with E-state index < -0.39 is 0 Å². The Morgan fingerprint density at radius 1 is 0.833 bits per heavy atom. The standard InChI is InChI=1S/C11H25P/c1-3-5-7-8-10-11(12)9-6-4-2/h11H,3-10,12H2,1-2H3. The third kappa shape index (κ3) is 8.53. The van der Waals surface area contributed by atoms with Crippen molar-refractivity contribution in [3.63, 3.8) is 0 Å². The third-order valence-corrected chi connectivity index (χ3v) is 3.02. The molecular weight excluding hydrogens is 163 g/mol. The summed E-state index contributed by atoms with van der Waals surface area (Å²) >= 11 is 0. The molecule has 0 aliphatic carbocycles. The smallest absolute Gasteiger partial charge is 0.0264 e. The first kappa shape index (κ1) is 12.4. The van der Waals surface area contributed by atoms with Crippen LogP contribution in [-0.4, -0.2) is 5.66 Å². The predicted octanol–water partition coefficient (Wildman–Crippen LogP) is 4.39. The Morgan fingerprint density at radius 3 is 2.00 bits per heavy atom. The summed E-state index contributed by atoms with van der Waals surface area (Å²) in [7, 11) is 2.99. The second-order valence-electron chi connectivity index (χ2n) is 3.75. The number of hydrogen-bond donors (Lipinski definition) is 0. The van der Waals surface area contributed by atoms with E-state index in [4.69, 9.17) is 0 Å². The van der Waals surface area contributed by atoms with Crippen molar-refractivity contribution in [1.29, 1.82) is 0 Å². The van der Waals surface area contributed by atoms with E-state index in [9.17, 15) is 0 Å². The van der Waals surface area contributed by atoms with E-state index in [1.54, 1.807) is 0 Å². The second-order valence-corrected chi connectivity index (χ2v) is 4.69. The van der Waals surface area contributed by atoms with Crippen LogP contribution < -0.4 is 0 Å². The summed E-state index contributed by atoms with van der Waals surface area (Å²) in [6.45, 7) is 4.55. The van der Waals surface area contributed by atoms with E-state index in [1.165, 1.54) is 51.4 Å². The molecule has 0 aliphatic heterocycles. The van der Waals surface area contributed by atoms with Gasteiger partial charge in [-0.1, -0.05) is 52.4 Å². The zero-order valence-electron chi connectivity index (χ0n) is 8.81. The van der Waals surface area contributed by atoms with Gasteiger partial charge in [0.25, 0.3) is 0 Å². The zero-order valence-corrected chi connectivity index (χ0v) is 9.97. The van der Waals surface area contributed by atoms with Gasteiger partial charge < -0.3 is 0 Å². The topological polar surface area (TPSA) is 0 Å². The number of unbranched alkanes of at least 4 members (excludes halogenated alkanes) is 4. The summed E-state index contributed by atoms with van der Waals surface area (Å²) in [5.41, 5.74) is 0.891. The molecule has 0 radical (unpaired) electrons. The molecule has 2 unspecified atom stereocenters. The molecule has 0 fully saturated rings. The molecular formula is C11H25P. The van der Waals surface area contributed by atoms with Gasteiger partial charge in [0.15, 0.2) is 0 Å². The second kappa shape index (κ2) is 9.52. The van der Waals surface area contributed by atoms with E-state index in [0.717, 1.165) is 5.66 Å². The van der Waals surface area contributed by atoms with E-state index in [1.807, 2.05) is 0 Å². The molecule has 0 nitrogen and oxygen atoms in total. The van der Waals surface area contributed by atoms with Gasteiger partial charge in [-0.25, -0.2) is 0 Å². The van der Waals surface area contributed by atoms with Crippen LogP contribution >= 0.6 is 9.24 Å². The minimum absolute atomic E-state index is 0.891. The Kier molecular flexibility index (Phi) is 9.86. The van der Waals surface area contributed by atoms with Crippen LogP contribution in [0.2, 0.25) is 0 Å². The lowest BCUT2D eigenvalue weighted by molar-refractivity contribution is 0.582. The van der Waals surface area contributed by atoms with Crippen molar-refractivity contribution in [2.45, 2.75) is 70.9 Å². The minimum Gasteiger partial charge on any atom is -0.134 e. The summed E-state index contributed by atoms with van der Waals surface area (Å²) < 4.78 is 0. The van der Waals surface area contributed by atoms with E-state index in [-0.39, 0.29) is 0 Å². The summed E-state index contributed by atoms with van der Waals surface area (Å²) in [6, 6.07) is 0. The highest BCUT2D eigenvalue weighted by Crippen LogP contribution is 2.17. The predicted molar refractivity (Wildman–Crippen MR) is 61.8 cm³/mol. The lowest BCUT2D eigenvalue weighted by Crippen LogP contribution is -1.96. The Hall–Kier alpha value is 0.430. The molecule has 0 saturated carbocycles. The Balaban J connectivity index is 3.02. The maximum Gasteiger partial charge on any atom is -0.0264 e. The summed E-state index contributed by atoms with van der Waals surface area (Å²) in [5.74, 6) is 0. The molecule has 0 aromatic rings. The quantitative estimate of drug-likeness (QED) is 0.391. The fourth-order valence-corrected chi connectivity index (χ4v) is 1.92. The molecule has 0 saturated heterocycles. The van der Waals surface area contributed by atoms with Crippen molar-refractivity contribution < 1.29 is 0 Å². The van der Waals surface area contributed by atoms with Crippen LogP contribution in [0.3, 0.4) is 0 Å². The summed E-state index contributed by atoms with van der Waals surface area (Å²) in [4.78, 5) is 0. The van der Waals surface area contributed by atoms with Crippen LogP contribution in [0.4, 0.5) is 0 Å². The fourth-order valence-electron chi connectivity index (χ4n) is 1.44. The van der Waals surface area contributed by atoms with Crippen molar-refractivity contribution in [1.82, 2.24) is 0 Å². The van der Waals surface area contributed by atoms with Crippen molar-refractivity contribution in [3.05, 3.63) is 0 Å². The van der Waals surface area contributed by atoms with Gasteiger partial charge >= 0.3 is 0 Å². The molecule has 0 rings (SSSR count). The Bertz CT molecular complexity index is 81.1. The van der Waals surface area contributed by atoms with Crippen molar-refractivity contribution >= 4 is 9.24 Å². The van der Waals surface area contributed by atoms with Crippen molar-refractivity contribution in [2.24, 2.45) is 0 Å². The first-order chi connectivity index (χ1) is 5.81. The van der Waals surface area contributed by atoms with Gasteiger partial charge in [-0.2, -0.15) is 0 Å². The molecule has 2 atom stereocenters. The van der Waals surface area contributed by atoms with E-state index >= 15 is 0 Å². The molecule has 0 spiro atoms. The molecule has 0 aromatic heterocycles. The zero-order chi connectivity index (χ0) is 9.23. The molecule has 0 aliphatic rings. The van der Waals surface area contributed by atoms with E-state index in [0.29, 0.717) is 0 Å². The molecule has 0 aromatic carbocycles. The molecule has 1 heteroatoms. The average Bonchev–Trinajstić information content (AvgIpc) is 2.09. The molecule has 12 heavy (non-hydrogen) atoms. The monoisotopic (exact) mass is 188 g/mol. The highest BCUT2D eigenvalue weighted by atomic mass is 31.0. The van der Waals surface area contributed by atoms with Crippen LogP contribution in [0, 0.1) is 0 Å². The van der Waals surface area contributed by atoms with Crippen LogP contribution in [0.25, 0.3) is 0 Å². The summed E-state index contributed by atoms with van der Waals surface area (Å²) in [5, 5.41) is 0. The first-order valence-corrected chi connectivity index (χ1v) is 6.23. The van der Waals surface area contributed by atoms with Gasteiger partial charge in [0.2, 0.25) is 0 Å². The van der Waals surface area contributed by atoms with Gasteiger partial charge in [-0.3, -0.25) is 0 Å². The van der Waals surface area contributed by atoms with Gasteiger partial charge in [0, 0.05) is 0 Å². The highest BCUT2D eigenvalue weighted by molar-refractivity contribution is 7.17. The third-order valence-electron chi connectivity index (χ3n) is 2.36. The molecule has 0 N–H and O–H groups in total. The molecule has 0 amide bonds. The summed E-state index contributed by atoms with van der Waals surface area (Å²) in [6.07, 6.45) is 11.2. The lowest BCUT2D eigenvalue weighted by atomic mass is 10.1. The minimum atomic E-state index is 0.891. The highest BCUT2D eigenvalue weighted by Gasteiger charge is 2.00. The van der Waals surface area contributed by atoms with Crippen molar-refractivity contribution in [3.8, 4) is 0 Å². The van der Waals surface area contributed by atoms with Crippen LogP contribution in [-0.2, 0) is 0 Å². The van der Waals surface area contributed by atoms with Crippen LogP contribution in [0.1, 0.15) is 65.2 Å². The van der Waals surface area contributed by atoms with E-state index in [2.05, 4.69) is 23.1 Å². The van der Waals surface area contributed by atoms with Gasteiger partial charge in [0.05, 0.1) is 0 Å². The molecule has 0 heterocycles.